The summed E-state index contributed by atoms with van der Waals surface area (Å²) in [4.78, 5) is 0. The molecule has 1 heteroatoms. The molecular weight excluding hydrogens is 182 g/mol. The van der Waals surface area contributed by atoms with Crippen molar-refractivity contribution < 1.29 is 0 Å². The van der Waals surface area contributed by atoms with E-state index in [1.807, 2.05) is 0 Å². The summed E-state index contributed by atoms with van der Waals surface area (Å²) in [5, 5.41) is 3.59. The first-order chi connectivity index (χ1) is 7.31. The molecule has 1 aromatic rings. The van der Waals surface area contributed by atoms with Gasteiger partial charge in [-0.2, -0.15) is 0 Å². The fourth-order valence-corrected chi connectivity index (χ4v) is 2.08. The van der Waals surface area contributed by atoms with Crippen molar-refractivity contribution in [3.63, 3.8) is 0 Å². The second kappa shape index (κ2) is 4.80. The minimum absolute atomic E-state index is 0.669. The lowest BCUT2D eigenvalue weighted by Gasteiger charge is -2.10. The zero-order chi connectivity index (χ0) is 10.7. The summed E-state index contributed by atoms with van der Waals surface area (Å²) in [7, 11) is 0. The van der Waals surface area contributed by atoms with Crippen molar-refractivity contribution in [3.8, 4) is 0 Å². The van der Waals surface area contributed by atoms with E-state index in [0.717, 1.165) is 11.8 Å². The normalized spacial score (nSPS) is 26.3. The highest BCUT2D eigenvalue weighted by Gasteiger charge is 2.37. The molecule has 0 bridgehead atoms. The smallest absolute Gasteiger partial charge is 0.00362 e. The van der Waals surface area contributed by atoms with Gasteiger partial charge in [0.2, 0.25) is 0 Å². The molecule has 1 saturated carbocycles. The molecule has 1 aromatic carbocycles. The van der Waals surface area contributed by atoms with Crippen LogP contribution in [-0.2, 0) is 0 Å². The van der Waals surface area contributed by atoms with Crippen molar-refractivity contribution in [2.75, 3.05) is 6.54 Å². The van der Waals surface area contributed by atoms with Gasteiger partial charge in [-0.1, -0.05) is 37.3 Å². The van der Waals surface area contributed by atoms with Crippen LogP contribution in [0, 0.1) is 5.92 Å². The Morgan fingerprint density at radius 3 is 2.73 bits per heavy atom. The molecule has 0 aliphatic heterocycles. The predicted molar refractivity (Wildman–Crippen MR) is 65.0 cm³/mol. The molecule has 0 saturated heterocycles. The van der Waals surface area contributed by atoms with Crippen molar-refractivity contribution in [2.24, 2.45) is 5.92 Å². The molecule has 0 aromatic heterocycles. The van der Waals surface area contributed by atoms with E-state index in [1.165, 1.54) is 24.9 Å². The Labute approximate surface area is 92.9 Å². The van der Waals surface area contributed by atoms with Crippen molar-refractivity contribution >= 4 is 0 Å². The minimum atomic E-state index is 0.669. The molecule has 0 spiro atoms. The Morgan fingerprint density at radius 2 is 2.07 bits per heavy atom. The molecule has 2 rings (SSSR count). The molecule has 1 aliphatic carbocycles. The van der Waals surface area contributed by atoms with E-state index in [2.05, 4.69) is 49.5 Å². The first-order valence-electron chi connectivity index (χ1n) is 6.09. The summed E-state index contributed by atoms with van der Waals surface area (Å²) >= 11 is 0. The summed E-state index contributed by atoms with van der Waals surface area (Å²) in [6.07, 6.45) is 2.59. The average molecular weight is 203 g/mol. The first kappa shape index (κ1) is 10.7. The van der Waals surface area contributed by atoms with E-state index in [0.29, 0.717) is 6.04 Å². The van der Waals surface area contributed by atoms with Gasteiger partial charge in [-0.3, -0.25) is 0 Å². The number of hydrogen-bond acceptors (Lipinski definition) is 1. The minimum Gasteiger partial charge on any atom is -0.314 e. The summed E-state index contributed by atoms with van der Waals surface area (Å²) in [6.45, 7) is 5.69. The molecule has 1 N–H and O–H groups in total. The lowest BCUT2D eigenvalue weighted by molar-refractivity contribution is 0.512. The van der Waals surface area contributed by atoms with Gasteiger partial charge in [-0.15, -0.1) is 0 Å². The van der Waals surface area contributed by atoms with Gasteiger partial charge in [-0.05, 0) is 43.7 Å². The molecule has 15 heavy (non-hydrogen) atoms. The Kier molecular flexibility index (Phi) is 3.42. The highest BCUT2D eigenvalue weighted by atomic mass is 14.9. The molecule has 3 unspecified atom stereocenters. The van der Waals surface area contributed by atoms with Crippen molar-refractivity contribution in [2.45, 2.75) is 38.6 Å². The number of benzene rings is 1. The van der Waals surface area contributed by atoms with Crippen LogP contribution in [0.4, 0.5) is 0 Å². The SMILES string of the molecule is CCC(C)NCC1CC1c1ccccc1. The van der Waals surface area contributed by atoms with Gasteiger partial charge in [0.05, 0.1) is 0 Å². The molecular formula is C14H21N. The average Bonchev–Trinajstić information content (AvgIpc) is 3.06. The molecule has 1 nitrogen and oxygen atoms in total. The van der Waals surface area contributed by atoms with E-state index in [-0.39, 0.29) is 0 Å². The fraction of sp³-hybridized carbons (Fsp3) is 0.571. The Bertz CT molecular complexity index is 293. The van der Waals surface area contributed by atoms with Crippen molar-refractivity contribution in [1.82, 2.24) is 5.32 Å². The van der Waals surface area contributed by atoms with E-state index < -0.39 is 0 Å². The lowest BCUT2D eigenvalue weighted by Crippen LogP contribution is -2.27. The maximum atomic E-state index is 3.59. The van der Waals surface area contributed by atoms with E-state index in [4.69, 9.17) is 0 Å². The van der Waals surface area contributed by atoms with Crippen LogP contribution in [0.1, 0.15) is 38.2 Å². The predicted octanol–water partition coefficient (Wildman–Crippen LogP) is 3.18. The van der Waals surface area contributed by atoms with E-state index >= 15 is 0 Å². The Morgan fingerprint density at radius 1 is 1.33 bits per heavy atom. The van der Waals surface area contributed by atoms with Crippen LogP contribution >= 0.6 is 0 Å². The third-order valence-electron chi connectivity index (χ3n) is 3.49. The van der Waals surface area contributed by atoms with Gasteiger partial charge in [0.25, 0.3) is 0 Å². The van der Waals surface area contributed by atoms with Gasteiger partial charge >= 0.3 is 0 Å². The number of nitrogens with one attached hydrogen (secondary N) is 1. The quantitative estimate of drug-likeness (QED) is 0.775. The fourth-order valence-electron chi connectivity index (χ4n) is 2.08. The maximum Gasteiger partial charge on any atom is 0.00362 e. The molecule has 0 heterocycles. The second-order valence-electron chi connectivity index (χ2n) is 4.73. The molecule has 82 valence electrons. The van der Waals surface area contributed by atoms with Gasteiger partial charge in [0.15, 0.2) is 0 Å². The summed E-state index contributed by atoms with van der Waals surface area (Å²) in [5.41, 5.74) is 1.52. The second-order valence-corrected chi connectivity index (χ2v) is 4.73. The summed E-state index contributed by atoms with van der Waals surface area (Å²) < 4.78 is 0. The third kappa shape index (κ3) is 2.82. The van der Waals surface area contributed by atoms with Crippen LogP contribution in [0.2, 0.25) is 0 Å². The van der Waals surface area contributed by atoms with Crippen LogP contribution in [0.3, 0.4) is 0 Å². The first-order valence-corrected chi connectivity index (χ1v) is 6.09. The van der Waals surface area contributed by atoms with E-state index in [1.54, 1.807) is 0 Å². The van der Waals surface area contributed by atoms with Gasteiger partial charge in [0, 0.05) is 6.04 Å². The van der Waals surface area contributed by atoms with Gasteiger partial charge in [-0.25, -0.2) is 0 Å². The number of rotatable bonds is 5. The van der Waals surface area contributed by atoms with Crippen LogP contribution < -0.4 is 5.32 Å². The number of hydrogen-bond donors (Lipinski definition) is 1. The van der Waals surface area contributed by atoms with E-state index in [9.17, 15) is 0 Å². The highest BCUT2D eigenvalue weighted by molar-refractivity contribution is 5.25. The Hall–Kier alpha value is -0.820. The van der Waals surface area contributed by atoms with Gasteiger partial charge in [0.1, 0.15) is 0 Å². The van der Waals surface area contributed by atoms with Crippen LogP contribution in [0.5, 0.6) is 0 Å². The lowest BCUT2D eigenvalue weighted by atomic mass is 10.1. The molecule has 1 aliphatic rings. The monoisotopic (exact) mass is 203 g/mol. The van der Waals surface area contributed by atoms with Crippen molar-refractivity contribution in [1.29, 1.82) is 0 Å². The Balaban J connectivity index is 1.77. The molecule has 3 atom stereocenters. The maximum absolute atomic E-state index is 3.59. The van der Waals surface area contributed by atoms with Crippen molar-refractivity contribution in [3.05, 3.63) is 35.9 Å². The largest absolute Gasteiger partial charge is 0.314 e. The van der Waals surface area contributed by atoms with Gasteiger partial charge < -0.3 is 5.32 Å². The highest BCUT2D eigenvalue weighted by Crippen LogP contribution is 2.46. The zero-order valence-corrected chi connectivity index (χ0v) is 9.74. The zero-order valence-electron chi connectivity index (χ0n) is 9.74. The van der Waals surface area contributed by atoms with Crippen LogP contribution in [0.15, 0.2) is 30.3 Å². The van der Waals surface area contributed by atoms with Crippen LogP contribution in [-0.4, -0.2) is 12.6 Å². The molecule has 1 fully saturated rings. The molecule has 0 radical (unpaired) electrons. The molecule has 0 amide bonds. The topological polar surface area (TPSA) is 12.0 Å². The standard InChI is InChI=1S/C14H21N/c1-3-11(2)15-10-13-9-14(13)12-7-5-4-6-8-12/h4-8,11,13-15H,3,9-10H2,1-2H3. The summed E-state index contributed by atoms with van der Waals surface area (Å²) in [6, 6.07) is 11.6. The third-order valence-corrected chi connectivity index (χ3v) is 3.49. The van der Waals surface area contributed by atoms with Crippen LogP contribution in [0.25, 0.3) is 0 Å². The summed E-state index contributed by atoms with van der Waals surface area (Å²) in [5.74, 6) is 1.70.